The SMILES string of the molecule is COc1cc(C)c(S(=O)(=O)N[C@H](c2nccc(C)n2)C2CC2)cc1OC. The van der Waals surface area contributed by atoms with Gasteiger partial charge in [-0.1, -0.05) is 0 Å². The van der Waals surface area contributed by atoms with Crippen LogP contribution in [0.5, 0.6) is 11.5 Å². The molecule has 1 aliphatic carbocycles. The summed E-state index contributed by atoms with van der Waals surface area (Å²) in [6.07, 6.45) is 3.56. The summed E-state index contributed by atoms with van der Waals surface area (Å²) in [5.74, 6) is 1.58. The van der Waals surface area contributed by atoms with Gasteiger partial charge in [-0.3, -0.25) is 0 Å². The fraction of sp³-hybridized carbons (Fsp3) is 0.444. The number of hydrogen-bond acceptors (Lipinski definition) is 6. The number of aromatic nitrogens is 2. The van der Waals surface area contributed by atoms with Crippen molar-refractivity contribution >= 4 is 10.0 Å². The monoisotopic (exact) mass is 377 g/mol. The Morgan fingerprint density at radius 3 is 2.38 bits per heavy atom. The summed E-state index contributed by atoms with van der Waals surface area (Å²) in [5.41, 5.74) is 1.39. The van der Waals surface area contributed by atoms with E-state index in [4.69, 9.17) is 9.47 Å². The number of nitrogens with zero attached hydrogens (tertiary/aromatic N) is 2. The van der Waals surface area contributed by atoms with Crippen molar-refractivity contribution in [1.29, 1.82) is 0 Å². The Hall–Kier alpha value is -2.19. The number of sulfonamides is 1. The summed E-state index contributed by atoms with van der Waals surface area (Å²) < 4.78 is 39.4. The molecule has 0 bridgehead atoms. The zero-order chi connectivity index (χ0) is 18.9. The maximum Gasteiger partial charge on any atom is 0.241 e. The highest BCUT2D eigenvalue weighted by molar-refractivity contribution is 7.89. The lowest BCUT2D eigenvalue weighted by Crippen LogP contribution is -2.31. The molecule has 1 heterocycles. The largest absolute Gasteiger partial charge is 0.493 e. The molecule has 0 radical (unpaired) electrons. The first kappa shape index (κ1) is 18.6. The Kier molecular flexibility index (Phi) is 5.15. The third-order valence-corrected chi connectivity index (χ3v) is 6.02. The van der Waals surface area contributed by atoms with Gasteiger partial charge in [0, 0.05) is 18.0 Å². The summed E-state index contributed by atoms with van der Waals surface area (Å²) in [6, 6.07) is 4.49. The zero-order valence-electron chi connectivity index (χ0n) is 15.3. The quantitative estimate of drug-likeness (QED) is 0.797. The molecule has 2 aromatic rings. The highest BCUT2D eigenvalue weighted by atomic mass is 32.2. The highest BCUT2D eigenvalue weighted by Crippen LogP contribution is 2.41. The first-order valence-electron chi connectivity index (χ1n) is 8.40. The predicted octanol–water partition coefficient (Wildman–Crippen LogP) is 2.54. The molecule has 1 aromatic heterocycles. The molecule has 1 aliphatic rings. The molecule has 140 valence electrons. The van der Waals surface area contributed by atoms with E-state index in [0.29, 0.717) is 22.9 Å². The number of methoxy groups -OCH3 is 2. The van der Waals surface area contributed by atoms with E-state index in [-0.39, 0.29) is 10.8 Å². The van der Waals surface area contributed by atoms with Crippen molar-refractivity contribution in [2.75, 3.05) is 14.2 Å². The number of nitrogens with one attached hydrogen (secondary N) is 1. The second-order valence-corrected chi connectivity index (χ2v) is 8.15. The van der Waals surface area contributed by atoms with Crippen LogP contribution < -0.4 is 14.2 Å². The van der Waals surface area contributed by atoms with Gasteiger partial charge in [0.2, 0.25) is 10.0 Å². The normalized spacial score (nSPS) is 15.5. The van der Waals surface area contributed by atoms with Crippen molar-refractivity contribution in [3.63, 3.8) is 0 Å². The minimum atomic E-state index is -3.78. The van der Waals surface area contributed by atoms with Crippen molar-refractivity contribution in [3.05, 3.63) is 41.5 Å². The van der Waals surface area contributed by atoms with E-state index >= 15 is 0 Å². The van der Waals surface area contributed by atoms with E-state index < -0.39 is 16.1 Å². The van der Waals surface area contributed by atoms with Gasteiger partial charge in [0.1, 0.15) is 5.82 Å². The molecule has 0 amide bonds. The van der Waals surface area contributed by atoms with Crippen LogP contribution in [-0.2, 0) is 10.0 Å². The summed E-state index contributed by atoms with van der Waals surface area (Å²) in [4.78, 5) is 8.85. The standard InChI is InChI=1S/C18H23N3O4S/c1-11-9-14(24-3)15(25-4)10-16(11)26(22,23)21-17(13-5-6-13)18-19-8-7-12(2)20-18/h7-10,13,17,21H,5-6H2,1-4H3/t17-/m0/s1. The van der Waals surface area contributed by atoms with Gasteiger partial charge in [-0.05, 0) is 50.3 Å². The van der Waals surface area contributed by atoms with Crippen LogP contribution in [0, 0.1) is 19.8 Å². The van der Waals surface area contributed by atoms with Crippen molar-refractivity contribution in [2.24, 2.45) is 5.92 Å². The third-order valence-electron chi connectivity index (χ3n) is 4.44. The molecule has 0 unspecified atom stereocenters. The van der Waals surface area contributed by atoms with Gasteiger partial charge in [-0.15, -0.1) is 0 Å². The molecule has 7 nitrogen and oxygen atoms in total. The van der Waals surface area contributed by atoms with Gasteiger partial charge >= 0.3 is 0 Å². The van der Waals surface area contributed by atoms with E-state index in [9.17, 15) is 8.42 Å². The lowest BCUT2D eigenvalue weighted by atomic mass is 10.2. The zero-order valence-corrected chi connectivity index (χ0v) is 16.1. The van der Waals surface area contributed by atoms with Crippen LogP contribution in [-0.4, -0.2) is 32.6 Å². The Labute approximate surface area is 153 Å². The number of hydrogen-bond donors (Lipinski definition) is 1. The van der Waals surface area contributed by atoms with Crippen LogP contribution >= 0.6 is 0 Å². The molecule has 0 aliphatic heterocycles. The van der Waals surface area contributed by atoms with Gasteiger partial charge < -0.3 is 9.47 Å². The van der Waals surface area contributed by atoms with E-state index in [1.54, 1.807) is 25.3 Å². The van der Waals surface area contributed by atoms with E-state index in [0.717, 1.165) is 18.5 Å². The fourth-order valence-corrected chi connectivity index (χ4v) is 4.39. The van der Waals surface area contributed by atoms with Crippen molar-refractivity contribution in [1.82, 2.24) is 14.7 Å². The molecule has 1 fully saturated rings. The molecular formula is C18H23N3O4S. The van der Waals surface area contributed by atoms with E-state index in [1.165, 1.54) is 20.3 Å². The summed E-state index contributed by atoms with van der Waals surface area (Å²) in [7, 11) is -0.787. The molecule has 1 N–H and O–H groups in total. The second-order valence-electron chi connectivity index (χ2n) is 6.47. The lowest BCUT2D eigenvalue weighted by Gasteiger charge is -2.19. The Morgan fingerprint density at radius 1 is 1.15 bits per heavy atom. The van der Waals surface area contributed by atoms with Gasteiger partial charge in [0.15, 0.2) is 11.5 Å². The average molecular weight is 377 g/mol. The maximum atomic E-state index is 13.1. The molecule has 0 saturated heterocycles. The Morgan fingerprint density at radius 2 is 1.81 bits per heavy atom. The average Bonchev–Trinajstić information content (AvgIpc) is 3.44. The lowest BCUT2D eigenvalue weighted by molar-refractivity contribution is 0.353. The minimum Gasteiger partial charge on any atom is -0.493 e. The van der Waals surface area contributed by atoms with Crippen molar-refractivity contribution < 1.29 is 17.9 Å². The van der Waals surface area contributed by atoms with Gasteiger partial charge in [0.05, 0.1) is 25.2 Å². The Balaban J connectivity index is 1.97. The first-order chi connectivity index (χ1) is 12.4. The van der Waals surface area contributed by atoms with Gasteiger partial charge in [-0.2, -0.15) is 0 Å². The minimum absolute atomic E-state index is 0.161. The summed E-state index contributed by atoms with van der Waals surface area (Å²) >= 11 is 0. The maximum absolute atomic E-state index is 13.1. The van der Waals surface area contributed by atoms with Crippen LogP contribution in [0.3, 0.4) is 0 Å². The van der Waals surface area contributed by atoms with Crippen LogP contribution in [0.15, 0.2) is 29.3 Å². The number of aryl methyl sites for hydroxylation is 2. The molecule has 3 rings (SSSR count). The van der Waals surface area contributed by atoms with E-state index in [1.807, 2.05) is 6.92 Å². The molecule has 1 atom stereocenters. The predicted molar refractivity (Wildman–Crippen MR) is 96.8 cm³/mol. The second kappa shape index (κ2) is 7.20. The van der Waals surface area contributed by atoms with Crippen LogP contribution in [0.1, 0.15) is 36.0 Å². The van der Waals surface area contributed by atoms with Crippen molar-refractivity contribution in [2.45, 2.75) is 37.6 Å². The summed E-state index contributed by atoms with van der Waals surface area (Å²) in [6.45, 7) is 3.59. The number of rotatable bonds is 7. The highest BCUT2D eigenvalue weighted by Gasteiger charge is 2.37. The molecule has 1 saturated carbocycles. The Bertz CT molecular complexity index is 911. The number of ether oxygens (including phenoxy) is 2. The van der Waals surface area contributed by atoms with E-state index in [2.05, 4.69) is 14.7 Å². The third kappa shape index (κ3) is 3.81. The smallest absolute Gasteiger partial charge is 0.241 e. The van der Waals surface area contributed by atoms with Crippen LogP contribution in [0.4, 0.5) is 0 Å². The van der Waals surface area contributed by atoms with Gasteiger partial charge in [-0.25, -0.2) is 23.1 Å². The molecule has 0 spiro atoms. The number of benzene rings is 1. The van der Waals surface area contributed by atoms with Crippen LogP contribution in [0.25, 0.3) is 0 Å². The molecular weight excluding hydrogens is 354 g/mol. The topological polar surface area (TPSA) is 90.4 Å². The summed E-state index contributed by atoms with van der Waals surface area (Å²) in [5, 5.41) is 0. The van der Waals surface area contributed by atoms with Crippen molar-refractivity contribution in [3.8, 4) is 11.5 Å². The van der Waals surface area contributed by atoms with Gasteiger partial charge in [0.25, 0.3) is 0 Å². The molecule has 26 heavy (non-hydrogen) atoms. The first-order valence-corrected chi connectivity index (χ1v) is 9.88. The fourth-order valence-electron chi connectivity index (χ4n) is 2.89. The molecule has 1 aromatic carbocycles. The molecule has 8 heteroatoms. The van der Waals surface area contributed by atoms with Crippen LogP contribution in [0.2, 0.25) is 0 Å².